The Morgan fingerprint density at radius 1 is 0.619 bits per heavy atom. The van der Waals surface area contributed by atoms with E-state index < -0.39 is 0 Å². The minimum atomic E-state index is 0.670. The molecule has 3 heteroatoms. The predicted octanol–water partition coefficient (Wildman–Crippen LogP) is 4.13. The summed E-state index contributed by atoms with van der Waals surface area (Å²) < 4.78 is 0. The van der Waals surface area contributed by atoms with Gasteiger partial charge in [-0.25, -0.2) is 4.98 Å². The summed E-state index contributed by atoms with van der Waals surface area (Å²) >= 11 is 0. The van der Waals surface area contributed by atoms with Crippen LogP contribution in [0, 0.1) is 20.8 Å². The molecular weight excluding hydrogens is 258 g/mol. The molecule has 0 saturated carbocycles. The van der Waals surface area contributed by atoms with Gasteiger partial charge in [-0.05, 0) is 20.8 Å². The van der Waals surface area contributed by atoms with E-state index in [0.717, 1.165) is 22.5 Å². The van der Waals surface area contributed by atoms with E-state index in [1.165, 1.54) is 11.1 Å². The number of aromatic nitrogens is 3. The fourth-order valence-electron chi connectivity index (χ4n) is 2.21. The highest BCUT2D eigenvalue weighted by atomic mass is 15.2. The molecule has 0 amide bonds. The van der Waals surface area contributed by atoms with Crippen LogP contribution in [0.15, 0.2) is 48.5 Å². The lowest BCUT2D eigenvalue weighted by molar-refractivity contribution is 0.958. The molecule has 3 nitrogen and oxygen atoms in total. The Labute approximate surface area is 124 Å². The summed E-state index contributed by atoms with van der Waals surface area (Å²) in [6.45, 7) is 6.11. The topological polar surface area (TPSA) is 38.7 Å². The molecule has 3 rings (SSSR count). The summed E-state index contributed by atoms with van der Waals surface area (Å²) in [4.78, 5) is 4.60. The van der Waals surface area contributed by atoms with Gasteiger partial charge in [0.2, 0.25) is 0 Å². The number of hydrogen-bond acceptors (Lipinski definition) is 3. The largest absolute Gasteiger partial charge is 0.230 e. The molecule has 104 valence electrons. The zero-order valence-electron chi connectivity index (χ0n) is 12.5. The van der Waals surface area contributed by atoms with Crippen LogP contribution < -0.4 is 0 Å². The van der Waals surface area contributed by atoms with Gasteiger partial charge in [0, 0.05) is 11.1 Å². The van der Waals surface area contributed by atoms with E-state index in [2.05, 4.69) is 65.4 Å². The average molecular weight is 275 g/mol. The minimum Gasteiger partial charge on any atom is -0.230 e. The monoisotopic (exact) mass is 275 g/mol. The molecule has 0 fully saturated rings. The standard InChI is InChI=1S/C18H17N3/c1-12-4-8-15(9-5-12)17-14(3)19-18(21-20-17)16-10-6-13(2)7-11-16/h4-11H,1-3H3. The van der Waals surface area contributed by atoms with Crippen LogP contribution in [-0.4, -0.2) is 15.2 Å². The number of benzene rings is 2. The van der Waals surface area contributed by atoms with Crippen molar-refractivity contribution in [1.82, 2.24) is 15.2 Å². The molecule has 0 radical (unpaired) electrons. The SMILES string of the molecule is Cc1ccc(-c2nnc(-c3ccc(C)cc3)c(C)n2)cc1. The summed E-state index contributed by atoms with van der Waals surface area (Å²) in [5.74, 6) is 0.670. The molecule has 2 aromatic carbocycles. The second kappa shape index (κ2) is 5.44. The van der Waals surface area contributed by atoms with E-state index in [1.807, 2.05) is 19.1 Å². The van der Waals surface area contributed by atoms with Gasteiger partial charge >= 0.3 is 0 Å². The van der Waals surface area contributed by atoms with Crippen LogP contribution in [0.1, 0.15) is 16.8 Å². The number of hydrogen-bond donors (Lipinski definition) is 0. The first-order valence-corrected chi connectivity index (χ1v) is 6.99. The van der Waals surface area contributed by atoms with Gasteiger partial charge in [-0.15, -0.1) is 10.2 Å². The van der Waals surface area contributed by atoms with Crippen molar-refractivity contribution < 1.29 is 0 Å². The maximum absolute atomic E-state index is 4.60. The highest BCUT2D eigenvalue weighted by molar-refractivity contribution is 5.63. The van der Waals surface area contributed by atoms with Crippen molar-refractivity contribution >= 4 is 0 Å². The third-order valence-corrected chi connectivity index (χ3v) is 3.50. The summed E-state index contributed by atoms with van der Waals surface area (Å²) in [6, 6.07) is 16.4. The minimum absolute atomic E-state index is 0.670. The van der Waals surface area contributed by atoms with E-state index in [0.29, 0.717) is 5.82 Å². The number of aryl methyl sites for hydroxylation is 3. The molecule has 1 aromatic heterocycles. The van der Waals surface area contributed by atoms with Gasteiger partial charge in [-0.2, -0.15) is 0 Å². The Hall–Kier alpha value is -2.55. The zero-order valence-corrected chi connectivity index (χ0v) is 12.5. The molecule has 0 unspecified atom stereocenters. The van der Waals surface area contributed by atoms with E-state index in [1.54, 1.807) is 0 Å². The average Bonchev–Trinajstić information content (AvgIpc) is 2.49. The summed E-state index contributed by atoms with van der Waals surface area (Å²) in [7, 11) is 0. The highest BCUT2D eigenvalue weighted by Crippen LogP contribution is 2.22. The second-order valence-corrected chi connectivity index (χ2v) is 5.30. The van der Waals surface area contributed by atoms with Gasteiger partial charge in [0.05, 0.1) is 5.69 Å². The molecule has 0 aliphatic carbocycles. The van der Waals surface area contributed by atoms with Crippen molar-refractivity contribution in [2.45, 2.75) is 20.8 Å². The van der Waals surface area contributed by atoms with Gasteiger partial charge in [-0.1, -0.05) is 59.7 Å². The Morgan fingerprint density at radius 2 is 1.14 bits per heavy atom. The van der Waals surface area contributed by atoms with Crippen molar-refractivity contribution in [3.8, 4) is 22.6 Å². The molecule has 3 aromatic rings. The molecular formula is C18H17N3. The van der Waals surface area contributed by atoms with Crippen LogP contribution in [-0.2, 0) is 0 Å². The van der Waals surface area contributed by atoms with Crippen molar-refractivity contribution in [2.75, 3.05) is 0 Å². The third kappa shape index (κ3) is 2.82. The third-order valence-electron chi connectivity index (χ3n) is 3.50. The van der Waals surface area contributed by atoms with Crippen LogP contribution in [0.5, 0.6) is 0 Å². The number of rotatable bonds is 2. The summed E-state index contributed by atoms with van der Waals surface area (Å²) in [6.07, 6.45) is 0. The van der Waals surface area contributed by atoms with Crippen LogP contribution in [0.25, 0.3) is 22.6 Å². The van der Waals surface area contributed by atoms with Gasteiger partial charge in [-0.3, -0.25) is 0 Å². The molecule has 0 aliphatic heterocycles. The first-order chi connectivity index (χ1) is 10.1. The van der Waals surface area contributed by atoms with Gasteiger partial charge in [0.15, 0.2) is 5.82 Å². The van der Waals surface area contributed by atoms with Crippen molar-refractivity contribution in [3.05, 3.63) is 65.4 Å². The first-order valence-electron chi connectivity index (χ1n) is 6.99. The Bertz CT molecular complexity index is 759. The molecule has 0 N–H and O–H groups in total. The maximum atomic E-state index is 4.60. The molecule has 0 spiro atoms. The molecule has 21 heavy (non-hydrogen) atoms. The van der Waals surface area contributed by atoms with Crippen LogP contribution in [0.2, 0.25) is 0 Å². The quantitative estimate of drug-likeness (QED) is 0.705. The van der Waals surface area contributed by atoms with Crippen molar-refractivity contribution in [1.29, 1.82) is 0 Å². The zero-order chi connectivity index (χ0) is 14.8. The highest BCUT2D eigenvalue weighted by Gasteiger charge is 2.09. The molecule has 0 aliphatic rings. The van der Waals surface area contributed by atoms with E-state index in [4.69, 9.17) is 0 Å². The lowest BCUT2D eigenvalue weighted by Crippen LogP contribution is -1.99. The second-order valence-electron chi connectivity index (χ2n) is 5.30. The number of nitrogens with zero attached hydrogens (tertiary/aromatic N) is 3. The fourth-order valence-corrected chi connectivity index (χ4v) is 2.21. The summed E-state index contributed by atoms with van der Waals surface area (Å²) in [5.41, 5.74) is 6.23. The Morgan fingerprint density at radius 3 is 1.67 bits per heavy atom. The molecule has 0 atom stereocenters. The Balaban J connectivity index is 1.99. The van der Waals surface area contributed by atoms with Gasteiger partial charge < -0.3 is 0 Å². The van der Waals surface area contributed by atoms with Crippen LogP contribution in [0.3, 0.4) is 0 Å². The van der Waals surface area contributed by atoms with Crippen LogP contribution >= 0.6 is 0 Å². The van der Waals surface area contributed by atoms with E-state index in [9.17, 15) is 0 Å². The molecule has 1 heterocycles. The van der Waals surface area contributed by atoms with Gasteiger partial charge in [0.1, 0.15) is 5.69 Å². The maximum Gasteiger partial charge on any atom is 0.182 e. The van der Waals surface area contributed by atoms with Gasteiger partial charge in [0.25, 0.3) is 0 Å². The molecule has 0 bridgehead atoms. The lowest BCUT2D eigenvalue weighted by Gasteiger charge is -2.06. The van der Waals surface area contributed by atoms with Crippen molar-refractivity contribution in [3.63, 3.8) is 0 Å². The van der Waals surface area contributed by atoms with E-state index in [-0.39, 0.29) is 0 Å². The molecule has 0 saturated heterocycles. The predicted molar refractivity (Wildman–Crippen MR) is 84.9 cm³/mol. The van der Waals surface area contributed by atoms with E-state index >= 15 is 0 Å². The first kappa shape index (κ1) is 13.4. The smallest absolute Gasteiger partial charge is 0.182 e. The Kier molecular flexibility index (Phi) is 3.48. The fraction of sp³-hybridized carbons (Fsp3) is 0.167. The van der Waals surface area contributed by atoms with Crippen molar-refractivity contribution in [2.24, 2.45) is 0 Å². The van der Waals surface area contributed by atoms with Crippen LogP contribution in [0.4, 0.5) is 0 Å². The normalized spacial score (nSPS) is 10.6. The lowest BCUT2D eigenvalue weighted by atomic mass is 10.1. The summed E-state index contributed by atoms with van der Waals surface area (Å²) in [5, 5.41) is 8.64.